The summed E-state index contributed by atoms with van der Waals surface area (Å²) in [5.41, 5.74) is 6.34. The minimum Gasteiger partial charge on any atom is -0.409 e. The van der Waals surface area contributed by atoms with Crippen molar-refractivity contribution in [3.05, 3.63) is 35.9 Å². The van der Waals surface area contributed by atoms with Crippen molar-refractivity contribution in [2.45, 2.75) is 19.4 Å². The van der Waals surface area contributed by atoms with Gasteiger partial charge in [-0.15, -0.1) is 0 Å². The molecule has 2 amide bonds. The Hall–Kier alpha value is -2.24. The number of hydrogen-bond donors (Lipinski definition) is 4. The van der Waals surface area contributed by atoms with Crippen molar-refractivity contribution in [3.8, 4) is 0 Å². The van der Waals surface area contributed by atoms with E-state index in [4.69, 9.17) is 10.9 Å². The summed E-state index contributed by atoms with van der Waals surface area (Å²) in [5, 5.41) is 16.6. The Labute approximate surface area is 106 Å². The van der Waals surface area contributed by atoms with Crippen LogP contribution in [0.15, 0.2) is 35.5 Å². The van der Waals surface area contributed by atoms with Gasteiger partial charge in [0.2, 0.25) is 0 Å². The zero-order valence-corrected chi connectivity index (χ0v) is 10.1. The van der Waals surface area contributed by atoms with E-state index in [-0.39, 0.29) is 11.9 Å². The lowest BCUT2D eigenvalue weighted by molar-refractivity contribution is 0.240. The molecular weight excluding hydrogens is 232 g/mol. The van der Waals surface area contributed by atoms with Gasteiger partial charge in [0.15, 0.2) is 0 Å². The van der Waals surface area contributed by atoms with Crippen LogP contribution in [0.2, 0.25) is 0 Å². The zero-order chi connectivity index (χ0) is 13.2. The number of nitrogens with zero attached hydrogens (tertiary/aromatic N) is 1. The van der Waals surface area contributed by atoms with Crippen LogP contribution in [-0.4, -0.2) is 23.6 Å². The summed E-state index contributed by atoms with van der Waals surface area (Å²) < 4.78 is 0. The van der Waals surface area contributed by atoms with Crippen LogP contribution in [0.1, 0.15) is 18.4 Å². The number of urea groups is 1. The zero-order valence-electron chi connectivity index (χ0n) is 10.1. The quantitative estimate of drug-likeness (QED) is 0.199. The van der Waals surface area contributed by atoms with Crippen LogP contribution >= 0.6 is 0 Å². The van der Waals surface area contributed by atoms with E-state index in [1.165, 1.54) is 0 Å². The molecule has 0 bridgehead atoms. The Balaban J connectivity index is 2.11. The predicted molar refractivity (Wildman–Crippen MR) is 69.3 cm³/mol. The van der Waals surface area contributed by atoms with E-state index in [1.54, 1.807) is 0 Å². The van der Waals surface area contributed by atoms with E-state index < -0.39 is 0 Å². The van der Waals surface area contributed by atoms with Crippen molar-refractivity contribution in [1.82, 2.24) is 10.6 Å². The molecule has 1 aromatic carbocycles. The molecule has 98 valence electrons. The van der Waals surface area contributed by atoms with E-state index in [0.717, 1.165) is 5.56 Å². The van der Waals surface area contributed by atoms with Gasteiger partial charge in [0.05, 0.1) is 0 Å². The lowest BCUT2D eigenvalue weighted by Gasteiger charge is -2.07. The van der Waals surface area contributed by atoms with E-state index >= 15 is 0 Å². The Bertz CT molecular complexity index is 392. The molecular formula is C12H18N4O2. The van der Waals surface area contributed by atoms with E-state index in [1.807, 2.05) is 30.3 Å². The molecule has 0 heterocycles. The number of oxime groups is 1. The summed E-state index contributed by atoms with van der Waals surface area (Å²) in [5.74, 6) is 0.168. The Morgan fingerprint density at radius 2 is 2.00 bits per heavy atom. The first kappa shape index (κ1) is 13.8. The van der Waals surface area contributed by atoms with Gasteiger partial charge in [-0.1, -0.05) is 35.5 Å². The highest BCUT2D eigenvalue weighted by Crippen LogP contribution is 1.96. The normalized spacial score (nSPS) is 11.0. The number of carbonyl (C=O) groups is 1. The fourth-order valence-corrected chi connectivity index (χ4v) is 1.36. The number of nitrogens with two attached hydrogens (primary N) is 1. The average Bonchev–Trinajstić information content (AvgIpc) is 2.42. The molecule has 6 nitrogen and oxygen atoms in total. The predicted octanol–water partition coefficient (Wildman–Crippen LogP) is 1.01. The Kier molecular flexibility index (Phi) is 6.10. The van der Waals surface area contributed by atoms with Gasteiger partial charge in [0.25, 0.3) is 0 Å². The van der Waals surface area contributed by atoms with Crippen molar-refractivity contribution in [2.75, 3.05) is 6.54 Å². The summed E-state index contributed by atoms with van der Waals surface area (Å²) in [6, 6.07) is 9.43. The number of benzene rings is 1. The smallest absolute Gasteiger partial charge is 0.315 e. The standard InChI is InChI=1S/C12H18N4O2/c13-11(16-18)7-4-8-14-12(17)15-9-10-5-2-1-3-6-10/h1-3,5-6,18H,4,7-9H2,(H2,13,16)(H2,14,15,17). The summed E-state index contributed by atoms with van der Waals surface area (Å²) in [7, 11) is 0. The first-order chi connectivity index (χ1) is 8.72. The van der Waals surface area contributed by atoms with E-state index in [9.17, 15) is 4.79 Å². The highest BCUT2D eigenvalue weighted by Gasteiger charge is 2.00. The summed E-state index contributed by atoms with van der Waals surface area (Å²) in [6.07, 6.45) is 1.09. The monoisotopic (exact) mass is 250 g/mol. The molecule has 0 radical (unpaired) electrons. The molecule has 5 N–H and O–H groups in total. The maximum absolute atomic E-state index is 11.4. The lowest BCUT2D eigenvalue weighted by atomic mass is 10.2. The van der Waals surface area contributed by atoms with Gasteiger partial charge in [-0.3, -0.25) is 0 Å². The van der Waals surface area contributed by atoms with Gasteiger partial charge in [0.1, 0.15) is 5.84 Å². The topological polar surface area (TPSA) is 99.7 Å². The fraction of sp³-hybridized carbons (Fsp3) is 0.333. The van der Waals surface area contributed by atoms with Gasteiger partial charge in [0, 0.05) is 19.5 Å². The van der Waals surface area contributed by atoms with Crippen molar-refractivity contribution in [3.63, 3.8) is 0 Å². The average molecular weight is 250 g/mol. The van der Waals surface area contributed by atoms with Crippen LogP contribution in [0, 0.1) is 0 Å². The van der Waals surface area contributed by atoms with Crippen LogP contribution in [0.5, 0.6) is 0 Å². The minimum absolute atomic E-state index is 0.168. The molecule has 0 fully saturated rings. The summed E-state index contributed by atoms with van der Waals surface area (Å²) >= 11 is 0. The summed E-state index contributed by atoms with van der Waals surface area (Å²) in [6.45, 7) is 0.976. The van der Waals surface area contributed by atoms with Crippen molar-refractivity contribution in [2.24, 2.45) is 10.9 Å². The van der Waals surface area contributed by atoms with Gasteiger partial charge in [-0.2, -0.15) is 0 Å². The molecule has 0 unspecified atom stereocenters. The molecule has 0 saturated heterocycles. The second-order valence-electron chi connectivity index (χ2n) is 3.79. The van der Waals surface area contributed by atoms with E-state index in [0.29, 0.717) is 25.9 Å². The number of rotatable bonds is 6. The highest BCUT2D eigenvalue weighted by molar-refractivity contribution is 5.79. The Morgan fingerprint density at radius 3 is 2.67 bits per heavy atom. The maximum atomic E-state index is 11.4. The molecule has 0 spiro atoms. The largest absolute Gasteiger partial charge is 0.409 e. The number of amides is 2. The third-order valence-electron chi connectivity index (χ3n) is 2.32. The molecule has 0 aliphatic carbocycles. The van der Waals surface area contributed by atoms with Crippen molar-refractivity contribution < 1.29 is 10.0 Å². The first-order valence-electron chi connectivity index (χ1n) is 5.74. The first-order valence-corrected chi connectivity index (χ1v) is 5.74. The maximum Gasteiger partial charge on any atom is 0.315 e. The molecule has 18 heavy (non-hydrogen) atoms. The number of carbonyl (C=O) groups excluding carboxylic acids is 1. The van der Waals surface area contributed by atoms with Crippen LogP contribution in [0.4, 0.5) is 4.79 Å². The lowest BCUT2D eigenvalue weighted by Crippen LogP contribution is -2.35. The second-order valence-corrected chi connectivity index (χ2v) is 3.79. The van der Waals surface area contributed by atoms with E-state index in [2.05, 4.69) is 15.8 Å². The fourth-order valence-electron chi connectivity index (χ4n) is 1.36. The minimum atomic E-state index is -0.224. The SMILES string of the molecule is N/C(CCCNC(=O)NCc1ccccc1)=N/O. The number of nitrogens with one attached hydrogen (secondary N) is 2. The van der Waals surface area contributed by atoms with Crippen molar-refractivity contribution in [1.29, 1.82) is 0 Å². The third-order valence-corrected chi connectivity index (χ3v) is 2.32. The van der Waals surface area contributed by atoms with Crippen LogP contribution in [0.3, 0.4) is 0 Å². The molecule has 0 atom stereocenters. The molecule has 1 aromatic rings. The Morgan fingerprint density at radius 1 is 1.28 bits per heavy atom. The van der Waals surface area contributed by atoms with Crippen LogP contribution in [-0.2, 0) is 6.54 Å². The number of hydrogen-bond acceptors (Lipinski definition) is 3. The van der Waals surface area contributed by atoms with Crippen LogP contribution < -0.4 is 16.4 Å². The summed E-state index contributed by atoms with van der Waals surface area (Å²) in [4.78, 5) is 11.4. The molecule has 0 saturated carbocycles. The molecule has 0 aromatic heterocycles. The van der Waals surface area contributed by atoms with Crippen molar-refractivity contribution >= 4 is 11.9 Å². The second kappa shape index (κ2) is 7.94. The number of amidine groups is 1. The molecule has 0 aliphatic heterocycles. The van der Waals surface area contributed by atoms with Gasteiger partial charge >= 0.3 is 6.03 Å². The molecule has 0 aliphatic rings. The molecule has 1 rings (SSSR count). The highest BCUT2D eigenvalue weighted by atomic mass is 16.4. The molecule has 6 heteroatoms. The van der Waals surface area contributed by atoms with Gasteiger partial charge < -0.3 is 21.6 Å². The van der Waals surface area contributed by atoms with Crippen LogP contribution in [0.25, 0.3) is 0 Å². The van der Waals surface area contributed by atoms with Gasteiger partial charge in [-0.25, -0.2) is 4.79 Å². The van der Waals surface area contributed by atoms with Gasteiger partial charge in [-0.05, 0) is 12.0 Å². The third kappa shape index (κ3) is 5.74.